The van der Waals surface area contributed by atoms with Crippen molar-refractivity contribution >= 4 is 16.4 Å². The number of hydrogen-bond donors (Lipinski definition) is 4. The van der Waals surface area contributed by atoms with E-state index in [0.717, 1.165) is 64.2 Å². The van der Waals surface area contributed by atoms with Crippen molar-refractivity contribution in [3.63, 3.8) is 0 Å². The van der Waals surface area contributed by atoms with Crippen LogP contribution in [0.25, 0.3) is 0 Å². The van der Waals surface area contributed by atoms with Crippen LogP contribution in [-0.2, 0) is 38.3 Å². The van der Waals surface area contributed by atoms with Crippen LogP contribution in [0.3, 0.4) is 0 Å². The fourth-order valence-electron chi connectivity index (χ4n) is 4.71. The summed E-state index contributed by atoms with van der Waals surface area (Å²) in [6, 6.07) is 0. The molecule has 0 aliphatic carbocycles. The number of aliphatic hydroxyl groups is 3. The van der Waals surface area contributed by atoms with Gasteiger partial charge >= 0.3 is 16.4 Å². The second-order valence-corrected chi connectivity index (χ2v) is 12.8. The van der Waals surface area contributed by atoms with Crippen LogP contribution in [0.4, 0.5) is 0 Å². The number of carbonyl (C=O) groups is 1. The molecule has 6 atom stereocenters. The van der Waals surface area contributed by atoms with Gasteiger partial charge in [-0.25, -0.2) is 4.18 Å². The molecule has 6 unspecified atom stereocenters. The van der Waals surface area contributed by atoms with Crippen molar-refractivity contribution in [1.29, 1.82) is 0 Å². The molecule has 0 spiro atoms. The van der Waals surface area contributed by atoms with Crippen LogP contribution in [0.15, 0.2) is 72.9 Å². The zero-order chi connectivity index (χ0) is 36.9. The zero-order valence-electron chi connectivity index (χ0n) is 29.7. The number of esters is 1. The van der Waals surface area contributed by atoms with Crippen molar-refractivity contribution in [2.45, 2.75) is 128 Å². The van der Waals surface area contributed by atoms with E-state index in [1.165, 1.54) is 0 Å². The Balaban J connectivity index is 2.29. The van der Waals surface area contributed by atoms with Crippen LogP contribution in [0.1, 0.15) is 90.9 Å². The summed E-state index contributed by atoms with van der Waals surface area (Å²) in [5, 5.41) is 30.2. The van der Waals surface area contributed by atoms with Gasteiger partial charge in [0.15, 0.2) is 6.29 Å². The molecule has 1 aliphatic rings. The Kier molecular flexibility index (Phi) is 26.6. The van der Waals surface area contributed by atoms with E-state index in [1.807, 2.05) is 6.92 Å². The van der Waals surface area contributed by atoms with Gasteiger partial charge < -0.3 is 34.3 Å². The van der Waals surface area contributed by atoms with Gasteiger partial charge in [0.25, 0.3) is 0 Å². The third-order valence-corrected chi connectivity index (χ3v) is 7.78. The Hall–Kier alpha value is -2.46. The normalized spacial score (nSPS) is 22.7. The molecule has 0 aromatic carbocycles. The lowest BCUT2D eigenvalue weighted by molar-refractivity contribution is -0.301. The summed E-state index contributed by atoms with van der Waals surface area (Å²) in [6.07, 6.45) is 27.1. The molecule has 1 aliphatic heterocycles. The summed E-state index contributed by atoms with van der Waals surface area (Å²) in [7, 11) is -5.05. The van der Waals surface area contributed by atoms with Gasteiger partial charge in [-0.2, -0.15) is 8.42 Å². The molecule has 13 heteroatoms. The maximum absolute atomic E-state index is 12.1. The predicted octanol–water partition coefficient (Wildman–Crippen LogP) is 5.62. The van der Waals surface area contributed by atoms with E-state index in [4.69, 9.17) is 23.5 Å². The highest BCUT2D eigenvalue weighted by atomic mass is 32.3. The molecule has 0 amide bonds. The minimum Gasteiger partial charge on any atom is -0.457 e. The third kappa shape index (κ3) is 23.1. The van der Waals surface area contributed by atoms with E-state index >= 15 is 0 Å². The largest absolute Gasteiger partial charge is 0.457 e. The van der Waals surface area contributed by atoms with Gasteiger partial charge in [0, 0.05) is 13.0 Å². The minimum atomic E-state index is -5.05. The van der Waals surface area contributed by atoms with Gasteiger partial charge in [-0.3, -0.25) is 9.35 Å². The Morgan fingerprint density at radius 2 is 1.34 bits per heavy atom. The first kappa shape index (κ1) is 45.6. The number of carbonyl (C=O) groups excluding carboxylic acids is 1. The summed E-state index contributed by atoms with van der Waals surface area (Å²) in [5.74, 6) is -0.470. The lowest BCUT2D eigenvalue weighted by Crippen LogP contribution is -2.60. The van der Waals surface area contributed by atoms with Crippen molar-refractivity contribution < 1.29 is 56.2 Å². The lowest BCUT2D eigenvalue weighted by atomic mass is 9.99. The molecule has 50 heavy (non-hydrogen) atoms. The zero-order valence-corrected chi connectivity index (χ0v) is 30.5. The fourth-order valence-corrected chi connectivity index (χ4v) is 5.22. The Labute approximate surface area is 299 Å². The van der Waals surface area contributed by atoms with E-state index in [1.54, 1.807) is 0 Å². The predicted molar refractivity (Wildman–Crippen MR) is 192 cm³/mol. The Morgan fingerprint density at radius 1 is 0.780 bits per heavy atom. The molecular formula is C37H60O12S. The molecule has 1 heterocycles. The summed E-state index contributed by atoms with van der Waals surface area (Å²) < 4.78 is 57.8. The van der Waals surface area contributed by atoms with Gasteiger partial charge in [-0.15, -0.1) is 0 Å². The van der Waals surface area contributed by atoms with Crippen molar-refractivity contribution in [2.24, 2.45) is 0 Å². The second-order valence-electron chi connectivity index (χ2n) is 11.7. The van der Waals surface area contributed by atoms with Crippen LogP contribution >= 0.6 is 0 Å². The molecule has 1 fully saturated rings. The second kappa shape index (κ2) is 29.2. The van der Waals surface area contributed by atoms with Gasteiger partial charge in [0.2, 0.25) is 0 Å². The van der Waals surface area contributed by atoms with E-state index in [-0.39, 0.29) is 19.6 Å². The van der Waals surface area contributed by atoms with Crippen molar-refractivity contribution in [1.82, 2.24) is 0 Å². The summed E-state index contributed by atoms with van der Waals surface area (Å²) in [4.78, 5) is 12.1. The van der Waals surface area contributed by atoms with E-state index in [9.17, 15) is 28.5 Å². The first-order valence-electron chi connectivity index (χ1n) is 17.7. The van der Waals surface area contributed by atoms with E-state index in [2.05, 4.69) is 84.0 Å². The summed E-state index contributed by atoms with van der Waals surface area (Å²) in [6.45, 7) is 3.34. The molecule has 0 saturated carbocycles. The highest BCUT2D eigenvalue weighted by Crippen LogP contribution is 2.25. The molecule has 1 rings (SSSR count). The number of allylic oxidation sites excluding steroid dienone is 12. The maximum atomic E-state index is 12.1. The average Bonchev–Trinajstić information content (AvgIpc) is 3.07. The highest BCUT2D eigenvalue weighted by molar-refractivity contribution is 7.80. The molecule has 0 bridgehead atoms. The SMILES string of the molecule is CC/C=C\C/C=C\C/C=C\C/C=C\C/C=C\C/C=C\CCCCCOCC(COC1OC(CO)C(O)C(OS(=O)(=O)O)C1O)OC(=O)CCC. The quantitative estimate of drug-likeness (QED) is 0.0339. The third-order valence-electron chi connectivity index (χ3n) is 7.31. The standard InChI is InChI=1S/C37H60O12S/c1-3-5-6-7-8-9-10-11-12-13-14-15-16-17-18-19-20-21-22-23-24-25-27-45-29-31(47-33(39)26-4-2)30-46-37-35(41)36(49-50(42,43)44)34(40)32(28-38)48-37/h5-6,8-9,11-12,14-15,17-18,20-21,31-32,34-38,40-41H,3-4,7,10,13,16,19,22-30H2,1-2H3,(H,42,43,44)/b6-5-,9-8-,12-11-,15-14-,18-17-,21-20-. The fraction of sp³-hybridized carbons (Fsp3) is 0.649. The lowest BCUT2D eigenvalue weighted by Gasteiger charge is -2.41. The van der Waals surface area contributed by atoms with Crippen LogP contribution in [-0.4, -0.2) is 97.5 Å². The molecule has 1 saturated heterocycles. The summed E-state index contributed by atoms with van der Waals surface area (Å²) in [5.41, 5.74) is 0. The van der Waals surface area contributed by atoms with Crippen LogP contribution < -0.4 is 0 Å². The Morgan fingerprint density at radius 3 is 1.86 bits per heavy atom. The Bertz CT molecular complexity index is 1160. The molecule has 0 aromatic heterocycles. The van der Waals surface area contributed by atoms with Crippen LogP contribution in [0.2, 0.25) is 0 Å². The maximum Gasteiger partial charge on any atom is 0.397 e. The first-order valence-corrected chi connectivity index (χ1v) is 19.1. The molecule has 12 nitrogen and oxygen atoms in total. The molecule has 0 radical (unpaired) electrons. The highest BCUT2D eigenvalue weighted by Gasteiger charge is 2.48. The van der Waals surface area contributed by atoms with Gasteiger partial charge in [0.05, 0.1) is 19.8 Å². The number of rotatable bonds is 28. The summed E-state index contributed by atoms with van der Waals surface area (Å²) >= 11 is 0. The molecule has 286 valence electrons. The van der Waals surface area contributed by atoms with Crippen molar-refractivity contribution in [3.8, 4) is 0 Å². The molecule has 4 N–H and O–H groups in total. The minimum absolute atomic E-state index is 0.00240. The monoisotopic (exact) mass is 728 g/mol. The topological polar surface area (TPSA) is 178 Å². The van der Waals surface area contributed by atoms with Gasteiger partial charge in [-0.05, 0) is 64.2 Å². The van der Waals surface area contributed by atoms with Crippen molar-refractivity contribution in [3.05, 3.63) is 72.9 Å². The number of hydrogen-bond acceptors (Lipinski definition) is 11. The van der Waals surface area contributed by atoms with E-state index < -0.39 is 59.8 Å². The smallest absolute Gasteiger partial charge is 0.397 e. The molecule has 0 aromatic rings. The first-order chi connectivity index (χ1) is 24.1. The number of ether oxygens (including phenoxy) is 4. The van der Waals surface area contributed by atoms with Gasteiger partial charge in [0.1, 0.15) is 30.5 Å². The van der Waals surface area contributed by atoms with E-state index in [0.29, 0.717) is 13.0 Å². The van der Waals surface area contributed by atoms with Crippen molar-refractivity contribution in [2.75, 3.05) is 26.4 Å². The van der Waals surface area contributed by atoms with Crippen LogP contribution in [0, 0.1) is 0 Å². The molecular weight excluding hydrogens is 668 g/mol. The average molecular weight is 729 g/mol. The number of unbranched alkanes of at least 4 members (excludes halogenated alkanes) is 3. The van der Waals surface area contributed by atoms with Gasteiger partial charge in [-0.1, -0.05) is 93.2 Å². The number of aliphatic hydroxyl groups excluding tert-OH is 3. The van der Waals surface area contributed by atoms with Crippen LogP contribution in [0.5, 0.6) is 0 Å².